The maximum absolute atomic E-state index is 12.8. The van der Waals surface area contributed by atoms with Crippen molar-refractivity contribution in [3.63, 3.8) is 0 Å². The molecule has 0 saturated carbocycles. The lowest BCUT2D eigenvalue weighted by molar-refractivity contribution is -0.384. The van der Waals surface area contributed by atoms with Crippen molar-refractivity contribution in [1.82, 2.24) is 4.90 Å². The summed E-state index contributed by atoms with van der Waals surface area (Å²) in [5, 5.41) is 10.7. The molecule has 0 N–H and O–H groups in total. The summed E-state index contributed by atoms with van der Waals surface area (Å²) in [5.74, 6) is 0.0632. The third kappa shape index (κ3) is 3.76. The predicted molar refractivity (Wildman–Crippen MR) is 99.4 cm³/mol. The number of piperazine rings is 1. The zero-order valence-electron chi connectivity index (χ0n) is 13.9. The molecule has 7 heteroatoms. The second-order valence-electron chi connectivity index (χ2n) is 5.75. The third-order valence-corrected chi connectivity index (χ3v) is 5.13. The Labute approximate surface area is 150 Å². The van der Waals surface area contributed by atoms with E-state index in [-0.39, 0.29) is 11.6 Å². The van der Waals surface area contributed by atoms with E-state index in [1.165, 1.54) is 12.1 Å². The average Bonchev–Trinajstić information content (AvgIpc) is 2.67. The molecule has 1 aliphatic rings. The number of hydrogen-bond acceptors (Lipinski definition) is 5. The van der Waals surface area contributed by atoms with Crippen molar-refractivity contribution in [2.75, 3.05) is 37.3 Å². The van der Waals surface area contributed by atoms with Crippen LogP contribution in [-0.2, 0) is 0 Å². The van der Waals surface area contributed by atoms with Gasteiger partial charge in [0.2, 0.25) is 0 Å². The van der Waals surface area contributed by atoms with Gasteiger partial charge in [-0.05, 0) is 30.5 Å². The average molecular weight is 357 g/mol. The Morgan fingerprint density at radius 3 is 2.28 bits per heavy atom. The number of thioether (sulfide) groups is 1. The number of hydrogen-bond donors (Lipinski definition) is 0. The smallest absolute Gasteiger partial charge is 0.269 e. The Bertz CT molecular complexity index is 771. The Morgan fingerprint density at radius 2 is 1.68 bits per heavy atom. The van der Waals surface area contributed by atoms with E-state index in [1.807, 2.05) is 35.4 Å². The van der Waals surface area contributed by atoms with E-state index in [1.54, 1.807) is 23.9 Å². The molecule has 0 radical (unpaired) electrons. The van der Waals surface area contributed by atoms with Crippen LogP contribution in [0.4, 0.5) is 11.4 Å². The monoisotopic (exact) mass is 357 g/mol. The number of carbonyl (C=O) groups excluding carboxylic acids is 1. The highest BCUT2D eigenvalue weighted by Gasteiger charge is 2.24. The number of carbonyl (C=O) groups is 1. The van der Waals surface area contributed by atoms with E-state index in [0.717, 1.165) is 16.1 Å². The van der Waals surface area contributed by atoms with E-state index in [9.17, 15) is 14.9 Å². The highest BCUT2D eigenvalue weighted by Crippen LogP contribution is 2.24. The lowest BCUT2D eigenvalue weighted by Crippen LogP contribution is -2.48. The molecule has 6 nitrogen and oxygen atoms in total. The van der Waals surface area contributed by atoms with Crippen LogP contribution in [0.15, 0.2) is 53.4 Å². The van der Waals surface area contributed by atoms with Gasteiger partial charge in [-0.25, -0.2) is 0 Å². The van der Waals surface area contributed by atoms with Crippen LogP contribution in [0.2, 0.25) is 0 Å². The van der Waals surface area contributed by atoms with Gasteiger partial charge in [0.1, 0.15) is 0 Å². The molecule has 0 aromatic heterocycles. The minimum atomic E-state index is -0.399. The van der Waals surface area contributed by atoms with E-state index < -0.39 is 4.92 Å². The fourth-order valence-electron chi connectivity index (χ4n) is 2.94. The van der Waals surface area contributed by atoms with E-state index in [4.69, 9.17) is 0 Å². The van der Waals surface area contributed by atoms with Crippen molar-refractivity contribution < 1.29 is 9.72 Å². The zero-order valence-corrected chi connectivity index (χ0v) is 14.7. The van der Waals surface area contributed by atoms with E-state index in [0.29, 0.717) is 26.2 Å². The normalized spacial score (nSPS) is 14.4. The summed E-state index contributed by atoms with van der Waals surface area (Å²) in [6, 6.07) is 14.2. The molecule has 0 unspecified atom stereocenters. The van der Waals surface area contributed by atoms with Crippen LogP contribution in [0.3, 0.4) is 0 Å². The minimum absolute atomic E-state index is 0.0632. The molecule has 2 aromatic carbocycles. The van der Waals surface area contributed by atoms with Crippen LogP contribution >= 0.6 is 11.8 Å². The zero-order chi connectivity index (χ0) is 17.8. The van der Waals surface area contributed by atoms with Crippen LogP contribution in [0.25, 0.3) is 0 Å². The Balaban J connectivity index is 1.65. The second-order valence-corrected chi connectivity index (χ2v) is 6.60. The van der Waals surface area contributed by atoms with Gasteiger partial charge in [-0.15, -0.1) is 11.8 Å². The molecule has 0 bridgehead atoms. The highest BCUT2D eigenvalue weighted by atomic mass is 32.2. The molecule has 1 aliphatic heterocycles. The first-order valence-corrected chi connectivity index (χ1v) is 9.24. The van der Waals surface area contributed by atoms with E-state index >= 15 is 0 Å². The molecule has 0 atom stereocenters. The molecular weight excluding hydrogens is 338 g/mol. The van der Waals surface area contributed by atoms with Crippen molar-refractivity contribution in [2.24, 2.45) is 0 Å². The Kier molecular flexibility index (Phi) is 5.23. The van der Waals surface area contributed by atoms with Gasteiger partial charge < -0.3 is 9.80 Å². The molecule has 1 saturated heterocycles. The molecule has 25 heavy (non-hydrogen) atoms. The number of rotatable bonds is 4. The Morgan fingerprint density at radius 1 is 1.04 bits per heavy atom. The van der Waals surface area contributed by atoms with Gasteiger partial charge >= 0.3 is 0 Å². The van der Waals surface area contributed by atoms with Crippen LogP contribution in [0, 0.1) is 10.1 Å². The number of amides is 1. The number of nitrogens with zero attached hydrogens (tertiary/aromatic N) is 3. The predicted octanol–water partition coefficient (Wildman–Crippen LogP) is 3.28. The summed E-state index contributed by atoms with van der Waals surface area (Å²) in [6.07, 6.45) is 1.97. The van der Waals surface area contributed by atoms with Crippen molar-refractivity contribution in [2.45, 2.75) is 4.90 Å². The van der Waals surface area contributed by atoms with Crippen molar-refractivity contribution in [3.8, 4) is 0 Å². The molecule has 130 valence electrons. The molecule has 1 amide bonds. The Hall–Kier alpha value is -2.54. The number of nitro benzene ring substituents is 1. The lowest BCUT2D eigenvalue weighted by atomic mass is 10.1. The largest absolute Gasteiger partial charge is 0.368 e. The first kappa shape index (κ1) is 17.3. The molecular formula is C18H19N3O3S. The van der Waals surface area contributed by atoms with Crippen LogP contribution in [-0.4, -0.2) is 48.2 Å². The summed E-state index contributed by atoms with van der Waals surface area (Å²) in [4.78, 5) is 28.1. The number of nitro groups is 1. The minimum Gasteiger partial charge on any atom is -0.368 e. The summed E-state index contributed by atoms with van der Waals surface area (Å²) < 4.78 is 0. The quantitative estimate of drug-likeness (QED) is 0.477. The van der Waals surface area contributed by atoms with Crippen LogP contribution in [0.1, 0.15) is 10.4 Å². The SMILES string of the molecule is CSc1ccccc1C(=O)N1CCN(c2ccc([N+](=O)[O-])cc2)CC1. The highest BCUT2D eigenvalue weighted by molar-refractivity contribution is 7.98. The van der Waals surface area contributed by atoms with Crippen LogP contribution < -0.4 is 4.90 Å². The van der Waals surface area contributed by atoms with Crippen molar-refractivity contribution in [3.05, 3.63) is 64.2 Å². The number of anilines is 1. The van der Waals surface area contributed by atoms with Crippen LogP contribution in [0.5, 0.6) is 0 Å². The third-order valence-electron chi connectivity index (χ3n) is 4.33. The topological polar surface area (TPSA) is 66.7 Å². The molecule has 3 rings (SSSR count). The summed E-state index contributed by atoms with van der Waals surface area (Å²) >= 11 is 1.58. The number of benzene rings is 2. The fraction of sp³-hybridized carbons (Fsp3) is 0.278. The fourth-order valence-corrected chi connectivity index (χ4v) is 3.53. The maximum Gasteiger partial charge on any atom is 0.269 e. The summed E-state index contributed by atoms with van der Waals surface area (Å²) in [6.45, 7) is 2.70. The lowest BCUT2D eigenvalue weighted by Gasteiger charge is -2.36. The second kappa shape index (κ2) is 7.57. The first-order valence-electron chi connectivity index (χ1n) is 8.02. The molecule has 0 aliphatic carbocycles. The van der Waals surface area contributed by atoms with Gasteiger partial charge in [-0.1, -0.05) is 12.1 Å². The van der Waals surface area contributed by atoms with Gasteiger partial charge in [0.15, 0.2) is 0 Å². The summed E-state index contributed by atoms with van der Waals surface area (Å²) in [5.41, 5.74) is 1.78. The van der Waals surface area contributed by atoms with Gasteiger partial charge in [-0.2, -0.15) is 0 Å². The van der Waals surface area contributed by atoms with Crippen molar-refractivity contribution in [1.29, 1.82) is 0 Å². The molecule has 2 aromatic rings. The molecule has 1 fully saturated rings. The van der Waals surface area contributed by atoms with Gasteiger partial charge in [-0.3, -0.25) is 14.9 Å². The molecule has 0 spiro atoms. The first-order chi connectivity index (χ1) is 12.1. The van der Waals surface area contributed by atoms with Gasteiger partial charge in [0.25, 0.3) is 11.6 Å². The molecule has 1 heterocycles. The summed E-state index contributed by atoms with van der Waals surface area (Å²) in [7, 11) is 0. The van der Waals surface area contributed by atoms with Gasteiger partial charge in [0, 0.05) is 48.9 Å². The van der Waals surface area contributed by atoms with Crippen molar-refractivity contribution >= 4 is 29.0 Å². The van der Waals surface area contributed by atoms with Gasteiger partial charge in [0.05, 0.1) is 10.5 Å². The standard InChI is InChI=1S/C18H19N3O3S/c1-25-17-5-3-2-4-16(17)18(22)20-12-10-19(11-13-20)14-6-8-15(9-7-14)21(23)24/h2-9H,10-13H2,1H3. The maximum atomic E-state index is 12.8. The van der Waals surface area contributed by atoms with E-state index in [2.05, 4.69) is 4.90 Å². The number of non-ortho nitro benzene ring substituents is 1.